The molecule has 1 aromatic rings. The summed E-state index contributed by atoms with van der Waals surface area (Å²) in [4.78, 5) is 0. The second-order valence-electron chi connectivity index (χ2n) is 4.67. The molecule has 2 nitrogen and oxygen atoms in total. The van der Waals surface area contributed by atoms with Crippen LogP contribution in [0.2, 0.25) is 0 Å². The molecule has 0 saturated heterocycles. The average molecular weight is 291 g/mol. The van der Waals surface area contributed by atoms with E-state index >= 15 is 0 Å². The second-order valence-corrected chi connectivity index (χ2v) is 5.53. The number of benzene rings is 1. The lowest BCUT2D eigenvalue weighted by atomic mass is 9.79. The summed E-state index contributed by atoms with van der Waals surface area (Å²) in [6, 6.07) is 8.14. The molecule has 0 atom stereocenters. The van der Waals surface area contributed by atoms with Gasteiger partial charge in [-0.15, -0.1) is 0 Å². The minimum absolute atomic E-state index is 0.0290. The minimum Gasteiger partial charge on any atom is -0.198 e. The van der Waals surface area contributed by atoms with E-state index in [1.165, 1.54) is 0 Å². The molecule has 0 fully saturated rings. The molecule has 3 heteroatoms. The highest BCUT2D eigenvalue weighted by Crippen LogP contribution is 2.33. The van der Waals surface area contributed by atoms with Crippen molar-refractivity contribution >= 4 is 15.9 Å². The smallest absolute Gasteiger partial charge is 0.0994 e. The van der Waals surface area contributed by atoms with Crippen LogP contribution >= 0.6 is 15.9 Å². The summed E-state index contributed by atoms with van der Waals surface area (Å²) in [6.07, 6.45) is 1.29. The van der Waals surface area contributed by atoms with Crippen LogP contribution in [0.25, 0.3) is 0 Å². The quantitative estimate of drug-likeness (QED) is 0.842. The van der Waals surface area contributed by atoms with E-state index in [0.717, 1.165) is 22.0 Å². The zero-order valence-corrected chi connectivity index (χ0v) is 11.9. The predicted octanol–water partition coefficient (Wildman–Crippen LogP) is 4.07. The third-order valence-electron chi connectivity index (χ3n) is 3.19. The van der Waals surface area contributed by atoms with Crippen LogP contribution in [0.5, 0.6) is 0 Å². The second kappa shape index (κ2) is 5.34. The molecule has 88 valence electrons. The molecule has 0 radical (unpaired) electrons. The van der Waals surface area contributed by atoms with Gasteiger partial charge in [-0.25, -0.2) is 0 Å². The number of nitrogens with zero attached hydrogens (tertiary/aromatic N) is 2. The summed E-state index contributed by atoms with van der Waals surface area (Å²) in [7, 11) is 0. The zero-order valence-electron chi connectivity index (χ0n) is 10.3. The van der Waals surface area contributed by atoms with E-state index in [1.807, 2.05) is 12.1 Å². The van der Waals surface area contributed by atoms with Gasteiger partial charge in [0.15, 0.2) is 0 Å². The van der Waals surface area contributed by atoms with Crippen molar-refractivity contribution in [1.29, 1.82) is 10.5 Å². The highest BCUT2D eigenvalue weighted by molar-refractivity contribution is 9.10. The summed E-state index contributed by atoms with van der Waals surface area (Å²) in [5.74, 6) is 0. The molecule has 1 aromatic carbocycles. The first-order chi connectivity index (χ1) is 7.96. The van der Waals surface area contributed by atoms with E-state index < -0.39 is 0 Å². The van der Waals surface area contributed by atoms with Gasteiger partial charge in [-0.2, -0.15) is 10.5 Å². The first-order valence-electron chi connectivity index (χ1n) is 5.56. The largest absolute Gasteiger partial charge is 0.198 e. The lowest BCUT2D eigenvalue weighted by Crippen LogP contribution is -2.17. The molecule has 0 spiro atoms. The van der Waals surface area contributed by atoms with Crippen LogP contribution in [0, 0.1) is 22.7 Å². The Balaban J connectivity index is 3.41. The fraction of sp³-hybridized carbons (Fsp3) is 0.429. The van der Waals surface area contributed by atoms with Crippen molar-refractivity contribution in [3.05, 3.63) is 33.3 Å². The molecule has 0 amide bonds. The van der Waals surface area contributed by atoms with Crippen LogP contribution in [0.4, 0.5) is 0 Å². The molecule has 0 N–H and O–H groups in total. The molecule has 17 heavy (non-hydrogen) atoms. The SMILES string of the molecule is CCC(C)(C)c1cc(Br)c(CC#N)cc1C#N. The fourth-order valence-corrected chi connectivity index (χ4v) is 2.17. The first kappa shape index (κ1) is 13.7. The lowest BCUT2D eigenvalue weighted by Gasteiger charge is -2.25. The highest BCUT2D eigenvalue weighted by Gasteiger charge is 2.23. The van der Waals surface area contributed by atoms with Crippen molar-refractivity contribution in [1.82, 2.24) is 0 Å². The van der Waals surface area contributed by atoms with Gasteiger partial charge < -0.3 is 0 Å². The van der Waals surface area contributed by atoms with E-state index in [4.69, 9.17) is 5.26 Å². The van der Waals surface area contributed by atoms with Gasteiger partial charge in [-0.3, -0.25) is 0 Å². The maximum absolute atomic E-state index is 9.21. The van der Waals surface area contributed by atoms with Gasteiger partial charge in [-0.05, 0) is 35.1 Å². The van der Waals surface area contributed by atoms with Crippen molar-refractivity contribution in [2.45, 2.75) is 39.0 Å². The van der Waals surface area contributed by atoms with Gasteiger partial charge in [0.2, 0.25) is 0 Å². The monoisotopic (exact) mass is 290 g/mol. The third kappa shape index (κ3) is 2.87. The number of hydrogen-bond donors (Lipinski definition) is 0. The van der Waals surface area contributed by atoms with Crippen molar-refractivity contribution in [2.75, 3.05) is 0 Å². The summed E-state index contributed by atoms with van der Waals surface area (Å²) in [6.45, 7) is 6.36. The third-order valence-corrected chi connectivity index (χ3v) is 3.93. The van der Waals surface area contributed by atoms with Crippen LogP contribution < -0.4 is 0 Å². The molecular formula is C14H15BrN2. The molecule has 0 aliphatic carbocycles. The zero-order chi connectivity index (χ0) is 13.1. The van der Waals surface area contributed by atoms with Crippen LogP contribution in [-0.2, 0) is 11.8 Å². The van der Waals surface area contributed by atoms with Crippen LogP contribution in [0.15, 0.2) is 16.6 Å². The lowest BCUT2D eigenvalue weighted by molar-refractivity contribution is 0.504. The Labute approximate surface area is 111 Å². The van der Waals surface area contributed by atoms with Crippen molar-refractivity contribution < 1.29 is 0 Å². The molecular weight excluding hydrogens is 276 g/mol. The highest BCUT2D eigenvalue weighted by atomic mass is 79.9. The molecule has 1 rings (SSSR count). The number of rotatable bonds is 3. The Kier molecular flexibility index (Phi) is 4.32. The van der Waals surface area contributed by atoms with E-state index in [0.29, 0.717) is 12.0 Å². The summed E-state index contributed by atoms with van der Waals surface area (Å²) >= 11 is 3.47. The Hall–Kier alpha value is -1.32. The van der Waals surface area contributed by atoms with E-state index in [9.17, 15) is 5.26 Å². The summed E-state index contributed by atoms with van der Waals surface area (Å²) < 4.78 is 0.912. The maximum atomic E-state index is 9.21. The van der Waals surface area contributed by atoms with E-state index in [2.05, 4.69) is 48.8 Å². The van der Waals surface area contributed by atoms with Crippen molar-refractivity contribution in [3.8, 4) is 12.1 Å². The van der Waals surface area contributed by atoms with Gasteiger partial charge in [-0.1, -0.05) is 36.7 Å². The molecule has 0 aliphatic heterocycles. The van der Waals surface area contributed by atoms with Crippen LogP contribution in [-0.4, -0.2) is 0 Å². The van der Waals surface area contributed by atoms with Gasteiger partial charge in [0.05, 0.1) is 24.1 Å². The predicted molar refractivity (Wildman–Crippen MR) is 71.5 cm³/mol. The van der Waals surface area contributed by atoms with Gasteiger partial charge >= 0.3 is 0 Å². The van der Waals surface area contributed by atoms with Gasteiger partial charge in [0.25, 0.3) is 0 Å². The number of halogens is 1. The molecule has 0 unspecified atom stereocenters. The summed E-state index contributed by atoms with van der Waals surface area (Å²) in [5, 5.41) is 17.9. The average Bonchev–Trinajstić information content (AvgIpc) is 2.31. The minimum atomic E-state index is -0.0290. The number of nitriles is 2. The summed E-state index contributed by atoms with van der Waals surface area (Å²) in [5.41, 5.74) is 2.56. The first-order valence-corrected chi connectivity index (χ1v) is 6.35. The molecule has 0 bridgehead atoms. The molecule has 0 saturated carbocycles. The van der Waals surface area contributed by atoms with Crippen molar-refractivity contribution in [2.24, 2.45) is 0 Å². The van der Waals surface area contributed by atoms with Crippen molar-refractivity contribution in [3.63, 3.8) is 0 Å². The van der Waals surface area contributed by atoms with Crippen LogP contribution in [0.1, 0.15) is 43.9 Å². The molecule has 0 aliphatic rings. The normalized spacial score (nSPS) is 10.7. The maximum Gasteiger partial charge on any atom is 0.0994 e. The molecule has 0 heterocycles. The van der Waals surface area contributed by atoms with Gasteiger partial charge in [0, 0.05) is 4.47 Å². The Morgan fingerprint density at radius 1 is 1.29 bits per heavy atom. The Morgan fingerprint density at radius 3 is 2.41 bits per heavy atom. The van der Waals surface area contributed by atoms with Gasteiger partial charge in [0.1, 0.15) is 0 Å². The van der Waals surface area contributed by atoms with E-state index in [-0.39, 0.29) is 5.41 Å². The van der Waals surface area contributed by atoms with E-state index in [1.54, 1.807) is 0 Å². The Bertz CT molecular complexity index is 504. The topological polar surface area (TPSA) is 47.6 Å². The van der Waals surface area contributed by atoms with Crippen LogP contribution in [0.3, 0.4) is 0 Å². The standard InChI is InChI=1S/C14H15BrN2/c1-4-14(2,3)12-8-13(15)10(5-6-16)7-11(12)9-17/h7-8H,4-5H2,1-3H3. The molecule has 0 aromatic heterocycles. The fourth-order valence-electron chi connectivity index (χ4n) is 1.68. The number of hydrogen-bond acceptors (Lipinski definition) is 2. The Morgan fingerprint density at radius 2 is 1.94 bits per heavy atom.